The van der Waals surface area contributed by atoms with Crippen LogP contribution in [0.2, 0.25) is 0 Å². The van der Waals surface area contributed by atoms with Crippen LogP contribution in [0.4, 0.5) is 0 Å². The summed E-state index contributed by atoms with van der Waals surface area (Å²) < 4.78 is 0. The van der Waals surface area contributed by atoms with Crippen LogP contribution in [0.3, 0.4) is 0 Å². The lowest BCUT2D eigenvalue weighted by molar-refractivity contribution is -0.136. The summed E-state index contributed by atoms with van der Waals surface area (Å²) in [7, 11) is 0. The average molecular weight is 1320 g/mol. The molecule has 11 amide bonds. The summed E-state index contributed by atoms with van der Waals surface area (Å²) in [5.74, 6) is -7.99. The van der Waals surface area contributed by atoms with Crippen molar-refractivity contribution in [2.45, 2.75) is 285 Å². The normalized spacial score (nSPS) is 15.2. The molecule has 0 saturated heterocycles. The van der Waals surface area contributed by atoms with Crippen LogP contribution in [-0.2, 0) is 52.7 Å². The van der Waals surface area contributed by atoms with Crippen LogP contribution >= 0.6 is 0 Å². The molecule has 0 saturated carbocycles. The number of unbranched alkanes of at least 4 members (excludes halogenated alkanes) is 4. The van der Waals surface area contributed by atoms with E-state index in [0.29, 0.717) is 77.4 Å². The summed E-state index contributed by atoms with van der Waals surface area (Å²) in [6.45, 7) is 27.5. The van der Waals surface area contributed by atoms with Gasteiger partial charge in [-0.2, -0.15) is 0 Å². The Hall–Kier alpha value is -6.03. The van der Waals surface area contributed by atoms with Gasteiger partial charge in [0.25, 0.3) is 0 Å². The molecule has 0 aliphatic heterocycles. The van der Waals surface area contributed by atoms with Crippen LogP contribution in [0.15, 0.2) is 0 Å². The van der Waals surface area contributed by atoms with Crippen molar-refractivity contribution in [3.05, 3.63) is 0 Å². The molecule has 0 rings (SSSR count). The molecule has 0 radical (unpaired) electrons. The minimum absolute atomic E-state index is 0.0280. The standard InChI is InChI=1S/C66H128N16O11/c1-38(2)31-49(56(72)83)76-63(90)52(34-41(7)8)82-66(93)55(37-44(13)14)79-60(87)48(26-18-22-30-70)75-62(89)51(33-40(5)6)81-65(92)54(36-43(11)12)78-59(86)47(25-17-21-29-69)74-61(88)50(32-39(3)4)80-64(91)53(35-42(9)10)77-58(85)46(24-16-20-28-68)73-57(84)45(71)23-15-19-27-67/h38-55H,15-37,67-71H2,1-14H3,(H2,72,83)(H,73,84)(H,74,88)(H,75,89)(H,76,90)(H,77,85)(H,78,86)(H,79,87)(H,80,91)(H,81,92)(H,82,93)/t45-,46-,47-,48+,49+,50+,51+,52+,53+,54+,55+/m1/s1. The molecular formula is C66H128N16O11. The van der Waals surface area contributed by atoms with Crippen molar-refractivity contribution in [2.75, 3.05) is 26.2 Å². The summed E-state index contributed by atoms with van der Waals surface area (Å²) in [6.07, 6.45) is 6.18. The van der Waals surface area contributed by atoms with Crippen molar-refractivity contribution in [3.63, 3.8) is 0 Å². The minimum Gasteiger partial charge on any atom is -0.368 e. The zero-order valence-electron chi connectivity index (χ0n) is 59.1. The van der Waals surface area contributed by atoms with Gasteiger partial charge in [0.1, 0.15) is 60.4 Å². The smallest absolute Gasteiger partial charge is 0.243 e. The van der Waals surface area contributed by atoms with Gasteiger partial charge in [0.05, 0.1) is 6.04 Å². The van der Waals surface area contributed by atoms with Crippen LogP contribution in [-0.4, -0.2) is 158 Å². The molecule has 0 heterocycles. The van der Waals surface area contributed by atoms with Gasteiger partial charge in [-0.1, -0.05) is 103 Å². The Bertz CT molecular complexity index is 2270. The van der Waals surface area contributed by atoms with Crippen molar-refractivity contribution < 1.29 is 52.7 Å². The number of carbonyl (C=O) groups excluding carboxylic acids is 11. The number of primary amides is 1. The minimum atomic E-state index is -1.23. The van der Waals surface area contributed by atoms with Gasteiger partial charge in [-0.05, 0) is 183 Å². The number of carbonyl (C=O) groups is 11. The van der Waals surface area contributed by atoms with Crippen molar-refractivity contribution in [1.82, 2.24) is 53.2 Å². The third-order valence-corrected chi connectivity index (χ3v) is 15.5. The Morgan fingerprint density at radius 2 is 0.398 bits per heavy atom. The van der Waals surface area contributed by atoms with Crippen LogP contribution in [0.5, 0.6) is 0 Å². The number of nitrogens with one attached hydrogen (secondary N) is 10. The van der Waals surface area contributed by atoms with E-state index < -0.39 is 131 Å². The van der Waals surface area contributed by atoms with Gasteiger partial charge in [-0.25, -0.2) is 0 Å². The molecule has 11 atom stereocenters. The van der Waals surface area contributed by atoms with Crippen molar-refractivity contribution in [3.8, 4) is 0 Å². The lowest BCUT2D eigenvalue weighted by atomic mass is 9.98. The van der Waals surface area contributed by atoms with Gasteiger partial charge in [-0.3, -0.25) is 52.7 Å². The Balaban J connectivity index is 7.03. The number of hydrogen-bond acceptors (Lipinski definition) is 16. The predicted molar refractivity (Wildman–Crippen MR) is 364 cm³/mol. The van der Waals surface area contributed by atoms with E-state index in [0.717, 1.165) is 0 Å². The summed E-state index contributed by atoms with van der Waals surface area (Å²) in [6, 6.07) is -12.3. The molecule has 0 aliphatic carbocycles. The predicted octanol–water partition coefficient (Wildman–Crippen LogP) is 1.49. The zero-order valence-corrected chi connectivity index (χ0v) is 59.1. The van der Waals surface area contributed by atoms with Gasteiger partial charge in [0.2, 0.25) is 65.0 Å². The largest absolute Gasteiger partial charge is 0.368 e. The van der Waals surface area contributed by atoms with E-state index >= 15 is 0 Å². The topological polar surface area (TPSA) is 464 Å². The van der Waals surface area contributed by atoms with Crippen molar-refractivity contribution in [1.29, 1.82) is 0 Å². The van der Waals surface area contributed by atoms with E-state index in [1.54, 1.807) is 0 Å². The van der Waals surface area contributed by atoms with Crippen molar-refractivity contribution >= 4 is 65.0 Å². The first kappa shape index (κ1) is 87.0. The molecule has 0 aromatic rings. The summed E-state index contributed by atoms with van der Waals surface area (Å²) in [4.78, 5) is 154. The third kappa shape index (κ3) is 38.2. The van der Waals surface area contributed by atoms with Gasteiger partial charge in [0, 0.05) is 0 Å². The third-order valence-electron chi connectivity index (χ3n) is 15.5. The lowest BCUT2D eigenvalue weighted by Crippen LogP contribution is -2.61. The highest BCUT2D eigenvalue weighted by Gasteiger charge is 2.37. The summed E-state index contributed by atoms with van der Waals surface area (Å²) >= 11 is 0. The molecule has 0 aromatic carbocycles. The van der Waals surface area contributed by atoms with E-state index in [1.807, 2.05) is 96.9 Å². The summed E-state index contributed by atoms with van der Waals surface area (Å²) in [5.41, 5.74) is 34.9. The molecule has 27 heteroatoms. The molecule has 93 heavy (non-hydrogen) atoms. The van der Waals surface area contributed by atoms with Gasteiger partial charge in [0.15, 0.2) is 0 Å². The van der Waals surface area contributed by atoms with E-state index in [-0.39, 0.29) is 112 Å². The SMILES string of the molecule is CC(C)C[C@H](NC(=O)[C@H](CC(C)C)NC(=O)[C@H](CC(C)C)NC(=O)[C@H](CCCCN)NC(=O)[C@H](CC(C)C)NC(=O)[C@H](CC(C)C)NC(=O)[C@@H](CCCCN)NC(=O)[C@H](CC(C)C)NC(=O)[C@H](CC(C)C)NC(=O)[C@@H](CCCCN)NC(=O)[C@H](N)CCCCN)C(N)=O. The second-order valence-electron chi connectivity index (χ2n) is 28.2. The molecule has 538 valence electrons. The molecule has 0 aliphatic rings. The first-order valence-corrected chi connectivity index (χ1v) is 34.5. The fourth-order valence-electron chi connectivity index (χ4n) is 10.6. The summed E-state index contributed by atoms with van der Waals surface area (Å²) in [5, 5.41) is 28.1. The second-order valence-corrected chi connectivity index (χ2v) is 28.2. The fourth-order valence-corrected chi connectivity index (χ4v) is 10.6. The van der Waals surface area contributed by atoms with E-state index in [1.165, 1.54) is 0 Å². The van der Waals surface area contributed by atoms with E-state index in [2.05, 4.69) is 53.2 Å². The Morgan fingerprint density at radius 1 is 0.237 bits per heavy atom. The molecule has 27 nitrogen and oxygen atoms in total. The van der Waals surface area contributed by atoms with Crippen LogP contribution in [0, 0.1) is 41.4 Å². The maximum Gasteiger partial charge on any atom is 0.243 e. The van der Waals surface area contributed by atoms with Gasteiger partial charge < -0.3 is 87.6 Å². The Morgan fingerprint density at radius 3 is 0.591 bits per heavy atom. The van der Waals surface area contributed by atoms with Crippen LogP contribution < -0.4 is 87.6 Å². The zero-order chi connectivity index (χ0) is 71.1. The highest BCUT2D eigenvalue weighted by molar-refractivity contribution is 5.99. The number of rotatable bonds is 51. The quantitative estimate of drug-likeness (QED) is 0.0384. The molecule has 0 fully saturated rings. The highest BCUT2D eigenvalue weighted by Crippen LogP contribution is 2.17. The molecular weight excluding hydrogens is 1190 g/mol. The maximum atomic E-state index is 14.6. The van der Waals surface area contributed by atoms with Gasteiger partial charge in [-0.15, -0.1) is 0 Å². The average Bonchev–Trinajstić information content (AvgIpc) is 1.72. The maximum absolute atomic E-state index is 14.6. The fraction of sp³-hybridized carbons (Fsp3) is 0.833. The van der Waals surface area contributed by atoms with E-state index in [9.17, 15) is 52.7 Å². The first-order chi connectivity index (χ1) is 43.6. The first-order valence-electron chi connectivity index (χ1n) is 34.5. The monoisotopic (exact) mass is 1320 g/mol. The Kier molecular flexibility index (Phi) is 44.7. The molecule has 22 N–H and O–H groups in total. The van der Waals surface area contributed by atoms with Crippen molar-refractivity contribution in [2.24, 2.45) is 75.8 Å². The lowest BCUT2D eigenvalue weighted by Gasteiger charge is -2.30. The number of nitrogens with two attached hydrogens (primary N) is 6. The molecule has 0 bridgehead atoms. The second kappa shape index (κ2) is 47.8. The van der Waals surface area contributed by atoms with E-state index in [4.69, 9.17) is 34.4 Å². The number of amides is 11. The molecule has 0 aromatic heterocycles. The van der Waals surface area contributed by atoms with Crippen LogP contribution in [0.1, 0.15) is 219 Å². The van der Waals surface area contributed by atoms with Crippen LogP contribution in [0.25, 0.3) is 0 Å². The Labute approximate surface area is 556 Å². The highest BCUT2D eigenvalue weighted by atomic mass is 16.2. The molecule has 0 spiro atoms. The number of hydrogen-bond donors (Lipinski definition) is 16. The van der Waals surface area contributed by atoms with Gasteiger partial charge >= 0.3 is 0 Å². The molecule has 0 unspecified atom stereocenters.